The Morgan fingerprint density at radius 3 is 2.45 bits per heavy atom. The largest absolute Gasteiger partial charge is 0.482 e. The second kappa shape index (κ2) is 9.86. The number of benzene rings is 1. The average Bonchev–Trinajstić information content (AvgIpc) is 2.64. The second-order valence-electron chi connectivity index (χ2n) is 6.96. The molecule has 1 heterocycles. The number of aromatic nitrogens is 1. The Kier molecular flexibility index (Phi) is 7.77. The van der Waals surface area contributed by atoms with E-state index >= 15 is 0 Å². The van der Waals surface area contributed by atoms with Gasteiger partial charge in [-0.1, -0.05) is 0 Å². The van der Waals surface area contributed by atoms with E-state index in [0.29, 0.717) is 20.7 Å². The van der Waals surface area contributed by atoms with Crippen molar-refractivity contribution in [3.63, 3.8) is 0 Å². The predicted octanol–water partition coefficient (Wildman–Crippen LogP) is 3.94. The number of halogens is 2. The van der Waals surface area contributed by atoms with E-state index in [9.17, 15) is 14.0 Å². The summed E-state index contributed by atoms with van der Waals surface area (Å²) < 4.78 is 29.6. The van der Waals surface area contributed by atoms with Crippen molar-refractivity contribution in [2.24, 2.45) is 0 Å². The van der Waals surface area contributed by atoms with Crippen molar-refractivity contribution < 1.29 is 28.2 Å². The summed E-state index contributed by atoms with van der Waals surface area (Å²) in [5.74, 6) is -0.936. The van der Waals surface area contributed by atoms with Gasteiger partial charge in [-0.25, -0.2) is 19.0 Å². The number of hydrogen-bond donors (Lipinski definition) is 1. The Balaban J connectivity index is 2.11. The fraction of sp³-hybridized carbons (Fsp3) is 0.350. The van der Waals surface area contributed by atoms with Crippen LogP contribution in [-0.2, 0) is 20.9 Å². The van der Waals surface area contributed by atoms with Gasteiger partial charge in [-0.2, -0.15) is 0 Å². The first-order valence-corrected chi connectivity index (χ1v) is 9.81. The molecule has 0 bridgehead atoms. The van der Waals surface area contributed by atoms with Crippen molar-refractivity contribution in [1.29, 1.82) is 0 Å². The number of rotatable bonds is 7. The molecule has 0 saturated carbocycles. The first-order chi connectivity index (χ1) is 13.6. The van der Waals surface area contributed by atoms with Crippen LogP contribution in [0.5, 0.6) is 5.75 Å². The summed E-state index contributed by atoms with van der Waals surface area (Å²) in [5, 5.41) is 2.86. The lowest BCUT2D eigenvalue weighted by Crippen LogP contribution is -2.26. The summed E-state index contributed by atoms with van der Waals surface area (Å²) >= 11 is 2.01. The molecule has 1 aromatic heterocycles. The zero-order valence-electron chi connectivity index (χ0n) is 16.5. The van der Waals surface area contributed by atoms with Crippen LogP contribution in [-0.4, -0.2) is 36.2 Å². The third-order valence-corrected chi connectivity index (χ3v) is 4.45. The number of ether oxygens (including phenoxy) is 3. The highest BCUT2D eigenvalue weighted by Crippen LogP contribution is 2.26. The zero-order valence-corrected chi connectivity index (χ0v) is 18.7. The molecule has 0 spiro atoms. The standard InChI is InChI=1S/C20H22FIN2O5/c1-20(2,3)29-19(26)17-14(15(22)9-24-18(17)23-4)10-28-16(25)11-27-13-7-5-12(21)6-8-13/h5-9H,10-11H2,1-4H3,(H,23,24). The molecule has 9 heteroatoms. The minimum Gasteiger partial charge on any atom is -0.482 e. The van der Waals surface area contributed by atoms with E-state index in [1.54, 1.807) is 34.0 Å². The van der Waals surface area contributed by atoms with Gasteiger partial charge in [-0.15, -0.1) is 0 Å². The predicted molar refractivity (Wildman–Crippen MR) is 113 cm³/mol. The summed E-state index contributed by atoms with van der Waals surface area (Å²) in [6.07, 6.45) is 1.57. The Labute approximate surface area is 182 Å². The summed E-state index contributed by atoms with van der Waals surface area (Å²) in [7, 11) is 1.63. The van der Waals surface area contributed by atoms with Gasteiger partial charge < -0.3 is 19.5 Å². The summed E-state index contributed by atoms with van der Waals surface area (Å²) in [5.41, 5.74) is -0.00347. The van der Waals surface area contributed by atoms with E-state index in [1.165, 1.54) is 24.3 Å². The molecule has 156 valence electrons. The highest BCUT2D eigenvalue weighted by molar-refractivity contribution is 14.1. The lowest BCUT2D eigenvalue weighted by atomic mass is 10.1. The van der Waals surface area contributed by atoms with Crippen molar-refractivity contribution in [3.05, 3.63) is 51.0 Å². The van der Waals surface area contributed by atoms with Crippen molar-refractivity contribution in [2.75, 3.05) is 19.0 Å². The van der Waals surface area contributed by atoms with Gasteiger partial charge in [-0.05, 0) is 67.6 Å². The molecule has 0 atom stereocenters. The highest BCUT2D eigenvalue weighted by atomic mass is 127. The van der Waals surface area contributed by atoms with Crippen LogP contribution < -0.4 is 10.1 Å². The number of hydrogen-bond acceptors (Lipinski definition) is 7. The lowest BCUT2D eigenvalue weighted by Gasteiger charge is -2.22. The van der Waals surface area contributed by atoms with Gasteiger partial charge in [0, 0.05) is 22.4 Å². The van der Waals surface area contributed by atoms with E-state index in [0.717, 1.165) is 0 Å². The molecule has 0 unspecified atom stereocenters. The molecule has 1 aromatic carbocycles. The molecule has 0 aliphatic heterocycles. The molecule has 7 nitrogen and oxygen atoms in total. The monoisotopic (exact) mass is 516 g/mol. The molecule has 0 fully saturated rings. The topological polar surface area (TPSA) is 86.8 Å². The van der Waals surface area contributed by atoms with Crippen LogP contribution in [0.1, 0.15) is 36.7 Å². The van der Waals surface area contributed by atoms with Crippen molar-refractivity contribution in [1.82, 2.24) is 4.98 Å². The molecule has 0 amide bonds. The maximum atomic E-state index is 12.9. The van der Waals surface area contributed by atoms with Gasteiger partial charge in [0.1, 0.15) is 35.2 Å². The van der Waals surface area contributed by atoms with E-state index in [2.05, 4.69) is 10.3 Å². The Morgan fingerprint density at radius 2 is 1.86 bits per heavy atom. The number of nitrogens with zero attached hydrogens (tertiary/aromatic N) is 1. The Morgan fingerprint density at radius 1 is 1.21 bits per heavy atom. The van der Waals surface area contributed by atoms with Crippen molar-refractivity contribution in [2.45, 2.75) is 33.0 Å². The fourth-order valence-corrected chi connectivity index (χ4v) is 2.84. The minimum atomic E-state index is -0.694. The van der Waals surface area contributed by atoms with Crippen molar-refractivity contribution >= 4 is 40.3 Å². The van der Waals surface area contributed by atoms with Gasteiger partial charge in [0.05, 0.1) is 0 Å². The maximum absolute atomic E-state index is 12.9. The van der Waals surface area contributed by atoms with Gasteiger partial charge in [-0.3, -0.25) is 0 Å². The van der Waals surface area contributed by atoms with Crippen LogP contribution in [0, 0.1) is 9.39 Å². The lowest BCUT2D eigenvalue weighted by molar-refractivity contribution is -0.147. The number of nitrogens with one attached hydrogen (secondary N) is 1. The van der Waals surface area contributed by atoms with Crippen molar-refractivity contribution in [3.8, 4) is 5.75 Å². The first-order valence-electron chi connectivity index (χ1n) is 8.73. The molecule has 0 radical (unpaired) electrons. The second-order valence-corrected chi connectivity index (χ2v) is 8.13. The van der Waals surface area contributed by atoms with Crippen LogP contribution in [0.2, 0.25) is 0 Å². The Hall–Kier alpha value is -2.43. The van der Waals surface area contributed by atoms with Crippen LogP contribution in [0.3, 0.4) is 0 Å². The number of anilines is 1. The smallest absolute Gasteiger partial charge is 0.344 e. The van der Waals surface area contributed by atoms with Gasteiger partial charge in [0.2, 0.25) is 0 Å². The molecule has 0 aliphatic rings. The molecular formula is C20H22FIN2O5. The van der Waals surface area contributed by atoms with E-state index in [4.69, 9.17) is 14.2 Å². The normalized spacial score (nSPS) is 11.0. The Bertz CT molecular complexity index is 882. The third-order valence-electron chi connectivity index (χ3n) is 3.52. The molecular weight excluding hydrogens is 494 g/mol. The highest BCUT2D eigenvalue weighted by Gasteiger charge is 2.26. The quantitative estimate of drug-likeness (QED) is 0.441. The fourth-order valence-electron chi connectivity index (χ4n) is 2.27. The maximum Gasteiger partial charge on any atom is 0.344 e. The number of esters is 2. The van der Waals surface area contributed by atoms with Gasteiger partial charge >= 0.3 is 11.9 Å². The number of pyridine rings is 1. The molecule has 1 N–H and O–H groups in total. The molecule has 2 aromatic rings. The average molecular weight is 516 g/mol. The van der Waals surface area contributed by atoms with E-state index in [1.807, 2.05) is 22.6 Å². The van der Waals surface area contributed by atoms with Gasteiger partial charge in [0.15, 0.2) is 6.61 Å². The molecule has 29 heavy (non-hydrogen) atoms. The molecule has 0 saturated heterocycles. The summed E-state index contributed by atoms with van der Waals surface area (Å²) in [6.45, 7) is 4.77. The van der Waals surface area contributed by atoms with Crippen LogP contribution in [0.4, 0.5) is 10.2 Å². The molecule has 0 aliphatic carbocycles. The first kappa shape index (κ1) is 22.9. The third kappa shape index (κ3) is 6.84. The van der Waals surface area contributed by atoms with Crippen LogP contribution >= 0.6 is 22.6 Å². The van der Waals surface area contributed by atoms with E-state index in [-0.39, 0.29) is 18.8 Å². The summed E-state index contributed by atoms with van der Waals surface area (Å²) in [6, 6.07) is 5.28. The van der Waals surface area contributed by atoms with Crippen LogP contribution in [0.15, 0.2) is 30.5 Å². The number of carbonyl (C=O) groups excluding carboxylic acids is 2. The van der Waals surface area contributed by atoms with Gasteiger partial charge in [0.25, 0.3) is 0 Å². The number of carbonyl (C=O) groups is 2. The van der Waals surface area contributed by atoms with E-state index < -0.39 is 23.4 Å². The zero-order chi connectivity index (χ0) is 21.6. The minimum absolute atomic E-state index is 0.157. The summed E-state index contributed by atoms with van der Waals surface area (Å²) in [4.78, 5) is 29.0. The SMILES string of the molecule is CNc1ncc(I)c(COC(=O)COc2ccc(F)cc2)c1C(=O)OC(C)(C)C. The van der Waals surface area contributed by atoms with Crippen LogP contribution in [0.25, 0.3) is 0 Å². The molecule has 2 rings (SSSR count).